The van der Waals surface area contributed by atoms with Gasteiger partial charge in [0.05, 0.1) is 11.6 Å². The lowest BCUT2D eigenvalue weighted by molar-refractivity contribution is 0.727. The zero-order valence-corrected chi connectivity index (χ0v) is 8.50. The van der Waals surface area contributed by atoms with Gasteiger partial charge >= 0.3 is 0 Å². The molecule has 1 unspecified atom stereocenters. The zero-order chi connectivity index (χ0) is 10.7. The second-order valence-corrected chi connectivity index (χ2v) is 3.35. The molecule has 5 nitrogen and oxygen atoms in total. The summed E-state index contributed by atoms with van der Waals surface area (Å²) in [5.41, 5.74) is 11.6. The third kappa shape index (κ3) is 2.11. The highest BCUT2D eigenvalue weighted by molar-refractivity contribution is 5.37. The van der Waals surface area contributed by atoms with Gasteiger partial charge in [-0.2, -0.15) is 0 Å². The molecule has 14 heavy (non-hydrogen) atoms. The maximum Gasteiger partial charge on any atom is 0.256 e. The van der Waals surface area contributed by atoms with Crippen molar-refractivity contribution in [1.82, 2.24) is 9.97 Å². The number of nitrogen functional groups attached to an aromatic ring is 1. The first-order valence-electron chi connectivity index (χ1n) is 4.70. The van der Waals surface area contributed by atoms with E-state index in [0.29, 0.717) is 23.6 Å². The fourth-order valence-electron chi connectivity index (χ4n) is 1.24. The van der Waals surface area contributed by atoms with Crippen molar-refractivity contribution in [3.05, 3.63) is 21.7 Å². The van der Waals surface area contributed by atoms with Gasteiger partial charge in [0.2, 0.25) is 0 Å². The van der Waals surface area contributed by atoms with Crippen LogP contribution in [0.1, 0.15) is 37.7 Å². The monoisotopic (exact) mass is 196 g/mol. The Labute approximate surface area is 82.5 Å². The molecule has 0 aliphatic carbocycles. The summed E-state index contributed by atoms with van der Waals surface area (Å²) in [5, 5.41) is 0. The normalized spacial score (nSPS) is 12.8. The standard InChI is InChI=1S/C9H16N4O/c1-3-4-6-7(11)12-8(5(2)10)13-9(6)14/h5H,3-4,10H2,1-2H3,(H3,11,12,13,14). The average molecular weight is 196 g/mol. The van der Waals surface area contributed by atoms with Crippen molar-refractivity contribution < 1.29 is 0 Å². The second kappa shape index (κ2) is 4.23. The van der Waals surface area contributed by atoms with Crippen molar-refractivity contribution in [2.24, 2.45) is 5.73 Å². The van der Waals surface area contributed by atoms with E-state index in [1.807, 2.05) is 6.92 Å². The van der Waals surface area contributed by atoms with Crippen LogP contribution in [-0.4, -0.2) is 9.97 Å². The van der Waals surface area contributed by atoms with Gasteiger partial charge < -0.3 is 16.5 Å². The average Bonchev–Trinajstić information content (AvgIpc) is 2.10. The van der Waals surface area contributed by atoms with Gasteiger partial charge in [-0.3, -0.25) is 4.79 Å². The lowest BCUT2D eigenvalue weighted by Gasteiger charge is -2.07. The molecule has 1 aromatic rings. The number of rotatable bonds is 3. The van der Waals surface area contributed by atoms with Gasteiger partial charge in [0.1, 0.15) is 11.6 Å². The van der Waals surface area contributed by atoms with Crippen molar-refractivity contribution in [3.63, 3.8) is 0 Å². The van der Waals surface area contributed by atoms with Crippen LogP contribution >= 0.6 is 0 Å². The van der Waals surface area contributed by atoms with Crippen molar-refractivity contribution in [1.29, 1.82) is 0 Å². The van der Waals surface area contributed by atoms with Crippen LogP contribution in [0.15, 0.2) is 4.79 Å². The first-order valence-corrected chi connectivity index (χ1v) is 4.70. The lowest BCUT2D eigenvalue weighted by atomic mass is 10.2. The van der Waals surface area contributed by atoms with E-state index in [2.05, 4.69) is 9.97 Å². The number of hydrogen-bond acceptors (Lipinski definition) is 4. The van der Waals surface area contributed by atoms with Gasteiger partial charge in [-0.25, -0.2) is 4.98 Å². The summed E-state index contributed by atoms with van der Waals surface area (Å²) >= 11 is 0. The van der Waals surface area contributed by atoms with Crippen molar-refractivity contribution in [2.45, 2.75) is 32.7 Å². The molecule has 0 saturated heterocycles. The van der Waals surface area contributed by atoms with Crippen LogP contribution in [0.4, 0.5) is 5.82 Å². The first-order chi connectivity index (χ1) is 6.56. The molecule has 0 aromatic carbocycles. The molecular formula is C9H16N4O. The van der Waals surface area contributed by atoms with Crippen molar-refractivity contribution >= 4 is 5.82 Å². The van der Waals surface area contributed by atoms with E-state index in [4.69, 9.17) is 11.5 Å². The van der Waals surface area contributed by atoms with Gasteiger partial charge in [-0.05, 0) is 13.3 Å². The number of nitrogens with one attached hydrogen (secondary N) is 1. The quantitative estimate of drug-likeness (QED) is 0.648. The third-order valence-electron chi connectivity index (χ3n) is 2.00. The Morgan fingerprint density at radius 1 is 1.57 bits per heavy atom. The predicted octanol–water partition coefficient (Wildman–Crippen LogP) is 0.324. The van der Waals surface area contributed by atoms with Crippen LogP contribution in [0.5, 0.6) is 0 Å². The van der Waals surface area contributed by atoms with E-state index in [0.717, 1.165) is 6.42 Å². The smallest absolute Gasteiger partial charge is 0.256 e. The molecule has 0 bridgehead atoms. The Morgan fingerprint density at radius 3 is 2.64 bits per heavy atom. The molecule has 0 aliphatic rings. The number of aromatic nitrogens is 2. The third-order valence-corrected chi connectivity index (χ3v) is 2.00. The number of anilines is 1. The van der Waals surface area contributed by atoms with Crippen LogP contribution in [0.3, 0.4) is 0 Å². The lowest BCUT2D eigenvalue weighted by Crippen LogP contribution is -2.23. The molecule has 5 N–H and O–H groups in total. The van der Waals surface area contributed by atoms with Gasteiger partial charge in [0.25, 0.3) is 5.56 Å². The summed E-state index contributed by atoms with van der Waals surface area (Å²) in [6.07, 6.45) is 1.51. The summed E-state index contributed by atoms with van der Waals surface area (Å²) in [6, 6.07) is -0.305. The van der Waals surface area contributed by atoms with E-state index in [1.54, 1.807) is 6.92 Å². The Kier molecular flexibility index (Phi) is 3.24. The first kappa shape index (κ1) is 10.7. The van der Waals surface area contributed by atoms with E-state index in [-0.39, 0.29) is 11.6 Å². The number of aromatic amines is 1. The molecule has 0 spiro atoms. The second-order valence-electron chi connectivity index (χ2n) is 3.35. The topological polar surface area (TPSA) is 97.8 Å². The highest BCUT2D eigenvalue weighted by Crippen LogP contribution is 2.08. The van der Waals surface area contributed by atoms with E-state index in [9.17, 15) is 4.79 Å². The highest BCUT2D eigenvalue weighted by atomic mass is 16.1. The Bertz CT molecular complexity index is 370. The number of hydrogen-bond donors (Lipinski definition) is 3. The maximum absolute atomic E-state index is 11.5. The molecule has 0 saturated carbocycles. The Balaban J connectivity index is 3.18. The molecule has 78 valence electrons. The highest BCUT2D eigenvalue weighted by Gasteiger charge is 2.09. The Hall–Kier alpha value is -1.36. The van der Waals surface area contributed by atoms with Crippen LogP contribution in [-0.2, 0) is 6.42 Å². The van der Waals surface area contributed by atoms with Gasteiger partial charge in [-0.15, -0.1) is 0 Å². The molecule has 5 heteroatoms. The molecule has 0 fully saturated rings. The minimum atomic E-state index is -0.305. The van der Waals surface area contributed by atoms with E-state index >= 15 is 0 Å². The van der Waals surface area contributed by atoms with E-state index in [1.165, 1.54) is 0 Å². The number of nitrogens with zero attached hydrogens (tertiary/aromatic N) is 1. The molecular weight excluding hydrogens is 180 g/mol. The summed E-state index contributed by atoms with van der Waals surface area (Å²) in [4.78, 5) is 18.2. The maximum atomic E-state index is 11.5. The molecule has 1 heterocycles. The minimum absolute atomic E-state index is 0.174. The molecule has 0 radical (unpaired) electrons. The largest absolute Gasteiger partial charge is 0.383 e. The minimum Gasteiger partial charge on any atom is -0.383 e. The molecule has 0 aliphatic heterocycles. The fraction of sp³-hybridized carbons (Fsp3) is 0.556. The fourth-order valence-corrected chi connectivity index (χ4v) is 1.24. The number of H-pyrrole nitrogens is 1. The van der Waals surface area contributed by atoms with Crippen LogP contribution in [0.25, 0.3) is 0 Å². The molecule has 1 atom stereocenters. The zero-order valence-electron chi connectivity index (χ0n) is 8.50. The molecule has 1 aromatic heterocycles. The van der Waals surface area contributed by atoms with Crippen LogP contribution in [0.2, 0.25) is 0 Å². The van der Waals surface area contributed by atoms with E-state index < -0.39 is 0 Å². The Morgan fingerprint density at radius 2 is 2.21 bits per heavy atom. The van der Waals surface area contributed by atoms with Crippen molar-refractivity contribution in [2.75, 3.05) is 5.73 Å². The number of nitrogens with two attached hydrogens (primary N) is 2. The summed E-state index contributed by atoms with van der Waals surface area (Å²) in [7, 11) is 0. The molecule has 0 amide bonds. The summed E-state index contributed by atoms with van der Waals surface area (Å²) in [5.74, 6) is 0.732. The predicted molar refractivity (Wildman–Crippen MR) is 55.9 cm³/mol. The molecule has 1 rings (SSSR count). The summed E-state index contributed by atoms with van der Waals surface area (Å²) < 4.78 is 0. The van der Waals surface area contributed by atoms with Gasteiger partial charge in [0.15, 0.2) is 0 Å². The van der Waals surface area contributed by atoms with Crippen molar-refractivity contribution in [3.8, 4) is 0 Å². The van der Waals surface area contributed by atoms with Crippen LogP contribution < -0.4 is 17.0 Å². The van der Waals surface area contributed by atoms with Crippen LogP contribution in [0, 0.1) is 0 Å². The summed E-state index contributed by atoms with van der Waals surface area (Å²) in [6.45, 7) is 3.73. The van der Waals surface area contributed by atoms with Gasteiger partial charge in [0, 0.05) is 0 Å². The SMILES string of the molecule is CCCc1c(N)nc(C(C)N)[nH]c1=O. The van der Waals surface area contributed by atoms with Gasteiger partial charge in [-0.1, -0.05) is 13.3 Å².